The summed E-state index contributed by atoms with van der Waals surface area (Å²) >= 11 is 0. The van der Waals surface area contributed by atoms with Crippen LogP contribution in [0.3, 0.4) is 0 Å². The second-order valence-electron chi connectivity index (χ2n) is 4.50. The van der Waals surface area contributed by atoms with Crippen molar-refractivity contribution in [3.05, 3.63) is 29.7 Å². The predicted octanol–water partition coefficient (Wildman–Crippen LogP) is 2.31. The number of hydrogen-bond donors (Lipinski definition) is 1. The van der Waals surface area contributed by atoms with Crippen molar-refractivity contribution in [1.82, 2.24) is 9.38 Å². The third-order valence-corrected chi connectivity index (χ3v) is 3.08. The summed E-state index contributed by atoms with van der Waals surface area (Å²) in [5.41, 5.74) is 1.94. The fourth-order valence-electron chi connectivity index (χ4n) is 2.04. The lowest BCUT2D eigenvalue weighted by atomic mass is 10.3. The van der Waals surface area contributed by atoms with Gasteiger partial charge in [-0.15, -0.1) is 0 Å². The van der Waals surface area contributed by atoms with Crippen LogP contribution in [0.15, 0.2) is 18.5 Å². The van der Waals surface area contributed by atoms with E-state index in [0.29, 0.717) is 23.9 Å². The van der Waals surface area contributed by atoms with Gasteiger partial charge in [0.15, 0.2) is 11.4 Å². The van der Waals surface area contributed by atoms with Crippen molar-refractivity contribution in [3.8, 4) is 5.75 Å². The van der Waals surface area contributed by atoms with E-state index in [2.05, 4.69) is 4.98 Å². The number of imidazole rings is 1. The molecule has 1 N–H and O–H groups in total. The van der Waals surface area contributed by atoms with Crippen LogP contribution in [0.1, 0.15) is 41.7 Å². The summed E-state index contributed by atoms with van der Waals surface area (Å²) in [6, 6.07) is 1.53. The first-order chi connectivity index (χ1) is 8.69. The van der Waals surface area contributed by atoms with Crippen LogP contribution in [0.25, 0.3) is 5.65 Å². The molecule has 1 saturated carbocycles. The van der Waals surface area contributed by atoms with Crippen molar-refractivity contribution in [2.75, 3.05) is 6.61 Å². The highest BCUT2D eigenvalue weighted by Gasteiger charge is 2.27. The summed E-state index contributed by atoms with van der Waals surface area (Å²) in [6.07, 6.45) is 5.82. The Morgan fingerprint density at radius 2 is 2.33 bits per heavy atom. The Bertz CT molecular complexity index is 614. The number of fused-ring (bicyclic) bond motifs is 1. The molecule has 0 spiro atoms. The Morgan fingerprint density at radius 3 is 2.94 bits per heavy atom. The lowest BCUT2D eigenvalue weighted by Gasteiger charge is -2.06. The van der Waals surface area contributed by atoms with Gasteiger partial charge in [0.2, 0.25) is 0 Å². The van der Waals surface area contributed by atoms with Gasteiger partial charge < -0.3 is 14.2 Å². The van der Waals surface area contributed by atoms with E-state index < -0.39 is 5.97 Å². The van der Waals surface area contributed by atoms with E-state index in [1.165, 1.54) is 18.9 Å². The normalized spacial score (nSPS) is 14.9. The van der Waals surface area contributed by atoms with Crippen LogP contribution in [0.5, 0.6) is 5.75 Å². The molecule has 5 nitrogen and oxygen atoms in total. The van der Waals surface area contributed by atoms with E-state index in [4.69, 9.17) is 9.84 Å². The number of carboxylic acid groups (broad SMARTS) is 1. The number of carbonyl (C=O) groups is 1. The zero-order valence-corrected chi connectivity index (χ0v) is 10.1. The molecule has 0 saturated heterocycles. The zero-order chi connectivity index (χ0) is 12.7. The zero-order valence-electron chi connectivity index (χ0n) is 10.1. The van der Waals surface area contributed by atoms with E-state index in [0.717, 1.165) is 5.69 Å². The molecule has 2 aromatic heterocycles. The maximum absolute atomic E-state index is 11.1. The fourth-order valence-corrected chi connectivity index (χ4v) is 2.04. The number of ether oxygens (including phenoxy) is 1. The summed E-state index contributed by atoms with van der Waals surface area (Å²) in [6.45, 7) is 2.36. The number of rotatable bonds is 4. The van der Waals surface area contributed by atoms with Gasteiger partial charge >= 0.3 is 5.97 Å². The predicted molar refractivity (Wildman–Crippen MR) is 65.3 cm³/mol. The molecular formula is C13H14N2O3. The van der Waals surface area contributed by atoms with Gasteiger partial charge in [-0.05, 0) is 19.8 Å². The van der Waals surface area contributed by atoms with Gasteiger partial charge in [-0.2, -0.15) is 0 Å². The van der Waals surface area contributed by atoms with Crippen LogP contribution >= 0.6 is 0 Å². The van der Waals surface area contributed by atoms with Gasteiger partial charge in [0, 0.05) is 24.4 Å². The van der Waals surface area contributed by atoms with Crippen LogP contribution in [0, 0.1) is 0 Å². The third kappa shape index (κ3) is 1.81. The summed E-state index contributed by atoms with van der Waals surface area (Å²) in [7, 11) is 0. The number of aromatic carboxylic acids is 1. The molecule has 2 aromatic rings. The monoisotopic (exact) mass is 246 g/mol. The molecule has 2 heterocycles. The molecule has 3 rings (SSSR count). The Labute approximate surface area is 104 Å². The summed E-state index contributed by atoms with van der Waals surface area (Å²) in [4.78, 5) is 15.6. The Morgan fingerprint density at radius 1 is 1.56 bits per heavy atom. The summed E-state index contributed by atoms with van der Waals surface area (Å²) in [5.74, 6) is 0.108. The Kier molecular flexibility index (Phi) is 2.47. The van der Waals surface area contributed by atoms with Gasteiger partial charge in [-0.1, -0.05) is 0 Å². The average Bonchev–Trinajstić information content (AvgIpc) is 3.09. The molecule has 0 bridgehead atoms. The minimum atomic E-state index is -0.959. The lowest BCUT2D eigenvalue weighted by Crippen LogP contribution is -2.02. The van der Waals surface area contributed by atoms with E-state index in [9.17, 15) is 4.79 Å². The number of nitrogens with zero attached hydrogens (tertiary/aromatic N) is 2. The van der Waals surface area contributed by atoms with Gasteiger partial charge in [-0.25, -0.2) is 9.78 Å². The quantitative estimate of drug-likeness (QED) is 0.899. The topological polar surface area (TPSA) is 63.8 Å². The van der Waals surface area contributed by atoms with Crippen molar-refractivity contribution in [3.63, 3.8) is 0 Å². The Balaban J connectivity index is 2.16. The maximum Gasteiger partial charge on any atom is 0.337 e. The van der Waals surface area contributed by atoms with Crippen LogP contribution < -0.4 is 4.74 Å². The molecule has 5 heteroatoms. The smallest absolute Gasteiger partial charge is 0.337 e. The molecule has 0 aromatic carbocycles. The molecule has 1 fully saturated rings. The molecule has 0 amide bonds. The second kappa shape index (κ2) is 4.01. The minimum Gasteiger partial charge on any atom is -0.490 e. The van der Waals surface area contributed by atoms with Crippen LogP contribution in [0.2, 0.25) is 0 Å². The van der Waals surface area contributed by atoms with Crippen molar-refractivity contribution >= 4 is 11.6 Å². The highest BCUT2D eigenvalue weighted by atomic mass is 16.5. The molecular weight excluding hydrogens is 232 g/mol. The number of carboxylic acids is 1. The van der Waals surface area contributed by atoms with Crippen LogP contribution in [-0.2, 0) is 0 Å². The van der Waals surface area contributed by atoms with Gasteiger partial charge in [0.25, 0.3) is 0 Å². The van der Waals surface area contributed by atoms with Crippen molar-refractivity contribution in [2.24, 2.45) is 0 Å². The second-order valence-corrected chi connectivity index (χ2v) is 4.50. The van der Waals surface area contributed by atoms with Crippen LogP contribution in [-0.4, -0.2) is 27.1 Å². The van der Waals surface area contributed by atoms with E-state index >= 15 is 0 Å². The molecule has 18 heavy (non-hydrogen) atoms. The molecule has 0 atom stereocenters. The highest BCUT2D eigenvalue weighted by Crippen LogP contribution is 2.40. The molecule has 1 aliphatic carbocycles. The van der Waals surface area contributed by atoms with Crippen molar-refractivity contribution in [2.45, 2.75) is 25.7 Å². The number of hydrogen-bond acceptors (Lipinski definition) is 3. The number of pyridine rings is 1. The van der Waals surface area contributed by atoms with Gasteiger partial charge in [0.1, 0.15) is 0 Å². The first-order valence-corrected chi connectivity index (χ1v) is 6.07. The van der Waals surface area contributed by atoms with E-state index in [1.54, 1.807) is 10.6 Å². The molecule has 94 valence electrons. The van der Waals surface area contributed by atoms with Crippen molar-refractivity contribution < 1.29 is 14.6 Å². The first-order valence-electron chi connectivity index (χ1n) is 6.07. The number of aromatic nitrogens is 2. The third-order valence-electron chi connectivity index (χ3n) is 3.08. The first kappa shape index (κ1) is 11.1. The largest absolute Gasteiger partial charge is 0.490 e. The summed E-state index contributed by atoms with van der Waals surface area (Å²) < 4.78 is 7.23. The molecule has 1 aliphatic rings. The lowest BCUT2D eigenvalue weighted by molar-refractivity contribution is 0.0696. The highest BCUT2D eigenvalue weighted by molar-refractivity contribution is 5.88. The van der Waals surface area contributed by atoms with E-state index in [1.807, 2.05) is 13.1 Å². The molecule has 0 radical (unpaired) electrons. The van der Waals surface area contributed by atoms with Crippen LogP contribution in [0.4, 0.5) is 0 Å². The average molecular weight is 246 g/mol. The Hall–Kier alpha value is -2.04. The fraction of sp³-hybridized carbons (Fsp3) is 0.385. The van der Waals surface area contributed by atoms with E-state index in [-0.39, 0.29) is 5.56 Å². The van der Waals surface area contributed by atoms with Crippen molar-refractivity contribution in [1.29, 1.82) is 0 Å². The SMILES string of the molecule is CCOc1cc(C(=O)O)cn2cc(C3CC3)nc12. The molecule has 0 unspecified atom stereocenters. The maximum atomic E-state index is 11.1. The summed E-state index contributed by atoms with van der Waals surface area (Å²) in [5, 5.41) is 9.08. The van der Waals surface area contributed by atoms with Gasteiger partial charge in [0.05, 0.1) is 17.9 Å². The molecule has 0 aliphatic heterocycles. The van der Waals surface area contributed by atoms with Gasteiger partial charge in [-0.3, -0.25) is 0 Å². The standard InChI is InChI=1S/C13H14N2O3/c1-2-18-11-5-9(13(16)17)6-15-7-10(8-3-4-8)14-12(11)15/h5-8H,2-4H2,1H3,(H,16,17). The minimum absolute atomic E-state index is 0.214.